The molecule has 2 atom stereocenters. The van der Waals surface area contributed by atoms with E-state index < -0.39 is 11.1 Å². The molecule has 0 aromatic heterocycles. The number of carbonyl (C=O) groups is 1. The molecule has 92 valence electrons. The van der Waals surface area contributed by atoms with Crippen LogP contribution in [0.5, 0.6) is 0 Å². The van der Waals surface area contributed by atoms with Crippen molar-refractivity contribution in [3.63, 3.8) is 0 Å². The molecule has 1 saturated carbocycles. The van der Waals surface area contributed by atoms with Crippen LogP contribution in [0.4, 0.5) is 0 Å². The van der Waals surface area contributed by atoms with Crippen LogP contribution in [0.15, 0.2) is 24.3 Å². The van der Waals surface area contributed by atoms with E-state index in [-0.39, 0.29) is 5.78 Å². The zero-order valence-electron chi connectivity index (χ0n) is 9.74. The molecule has 2 unspecified atom stereocenters. The maximum atomic E-state index is 12.3. The Morgan fingerprint density at radius 2 is 2.00 bits per heavy atom. The first-order valence-corrected chi connectivity index (χ1v) is 6.07. The third-order valence-electron chi connectivity index (χ3n) is 3.48. The lowest BCUT2D eigenvalue weighted by Crippen LogP contribution is -2.57. The molecule has 3 nitrogen and oxygen atoms in total. The summed E-state index contributed by atoms with van der Waals surface area (Å²) in [4.78, 5) is 12.3. The van der Waals surface area contributed by atoms with Crippen molar-refractivity contribution in [3.8, 4) is 0 Å². The molecule has 3 N–H and O–H groups in total. The highest BCUT2D eigenvalue weighted by Gasteiger charge is 2.49. The van der Waals surface area contributed by atoms with Gasteiger partial charge in [0.15, 0.2) is 5.78 Å². The number of Topliss-reactive ketones (excluding diaryl/α,β-unsaturated/α-hetero) is 1. The Kier molecular flexibility index (Phi) is 3.02. The molecule has 1 aromatic carbocycles. The average molecular weight is 254 g/mol. The van der Waals surface area contributed by atoms with Crippen molar-refractivity contribution in [2.75, 3.05) is 0 Å². The van der Waals surface area contributed by atoms with Gasteiger partial charge in [0, 0.05) is 5.02 Å². The van der Waals surface area contributed by atoms with E-state index >= 15 is 0 Å². The van der Waals surface area contributed by atoms with Crippen molar-refractivity contribution in [1.29, 1.82) is 0 Å². The van der Waals surface area contributed by atoms with Gasteiger partial charge >= 0.3 is 0 Å². The smallest absolute Gasteiger partial charge is 0.188 e. The van der Waals surface area contributed by atoms with Crippen LogP contribution in [-0.2, 0) is 10.3 Å². The number of aliphatic hydroxyl groups is 1. The topological polar surface area (TPSA) is 63.3 Å². The highest BCUT2D eigenvalue weighted by Crippen LogP contribution is 2.39. The Morgan fingerprint density at radius 3 is 2.65 bits per heavy atom. The summed E-state index contributed by atoms with van der Waals surface area (Å²) in [6.07, 6.45) is 1.68. The van der Waals surface area contributed by atoms with Crippen molar-refractivity contribution >= 4 is 17.4 Å². The molecule has 4 heteroatoms. The van der Waals surface area contributed by atoms with Crippen LogP contribution in [0.2, 0.25) is 5.02 Å². The summed E-state index contributed by atoms with van der Waals surface area (Å²) < 4.78 is 0. The lowest BCUT2D eigenvalue weighted by molar-refractivity contribution is -0.146. The van der Waals surface area contributed by atoms with E-state index in [0.29, 0.717) is 29.8 Å². The average Bonchev–Trinajstić information content (AvgIpc) is 2.26. The van der Waals surface area contributed by atoms with Crippen molar-refractivity contribution in [3.05, 3.63) is 34.9 Å². The largest absolute Gasteiger partial charge is 0.382 e. The van der Waals surface area contributed by atoms with Crippen LogP contribution in [0, 0.1) is 0 Å². The number of ketones is 1. The minimum Gasteiger partial charge on any atom is -0.382 e. The van der Waals surface area contributed by atoms with Gasteiger partial charge in [-0.1, -0.05) is 29.8 Å². The van der Waals surface area contributed by atoms with Crippen molar-refractivity contribution < 1.29 is 9.90 Å². The van der Waals surface area contributed by atoms with E-state index in [2.05, 4.69) is 0 Å². The third kappa shape index (κ3) is 1.99. The fraction of sp³-hybridized carbons (Fsp3) is 0.462. The number of benzene rings is 1. The third-order valence-corrected chi connectivity index (χ3v) is 3.81. The van der Waals surface area contributed by atoms with Gasteiger partial charge in [0.1, 0.15) is 11.1 Å². The Bertz CT molecular complexity index is 458. The monoisotopic (exact) mass is 253 g/mol. The molecule has 0 heterocycles. The molecule has 2 rings (SSSR count). The van der Waals surface area contributed by atoms with Gasteiger partial charge in [0.25, 0.3) is 0 Å². The standard InChI is InChI=1S/C13H16ClNO2/c1-12(17)7-4-8-13(15,11(12)16)9-5-2-3-6-10(9)14/h2-3,5-6,17H,4,7-8,15H2,1H3. The minimum atomic E-state index is -1.35. The Morgan fingerprint density at radius 1 is 1.35 bits per heavy atom. The van der Waals surface area contributed by atoms with Crippen molar-refractivity contribution in [2.24, 2.45) is 5.73 Å². The van der Waals surface area contributed by atoms with Gasteiger partial charge in [0.2, 0.25) is 0 Å². The molecule has 1 aromatic rings. The molecular weight excluding hydrogens is 238 g/mol. The van der Waals surface area contributed by atoms with E-state index in [1.54, 1.807) is 24.3 Å². The fourth-order valence-corrected chi connectivity index (χ4v) is 2.80. The van der Waals surface area contributed by atoms with Gasteiger partial charge in [-0.2, -0.15) is 0 Å². The predicted molar refractivity (Wildman–Crippen MR) is 66.8 cm³/mol. The van der Waals surface area contributed by atoms with E-state index in [4.69, 9.17) is 17.3 Å². The normalized spacial score (nSPS) is 33.8. The second-order valence-electron chi connectivity index (χ2n) is 4.91. The van der Waals surface area contributed by atoms with Crippen LogP contribution in [-0.4, -0.2) is 16.5 Å². The molecule has 0 saturated heterocycles. The van der Waals surface area contributed by atoms with Gasteiger partial charge in [0.05, 0.1) is 0 Å². The summed E-state index contributed by atoms with van der Waals surface area (Å²) in [5.41, 5.74) is 4.29. The summed E-state index contributed by atoms with van der Waals surface area (Å²) in [5, 5.41) is 10.5. The molecule has 0 bridgehead atoms. The molecule has 0 amide bonds. The van der Waals surface area contributed by atoms with E-state index in [0.717, 1.165) is 0 Å². The molecule has 0 aliphatic heterocycles. The number of nitrogens with two attached hydrogens (primary N) is 1. The number of rotatable bonds is 1. The first-order chi connectivity index (χ1) is 7.88. The number of hydrogen-bond acceptors (Lipinski definition) is 3. The zero-order valence-corrected chi connectivity index (χ0v) is 10.5. The van der Waals surface area contributed by atoms with Crippen LogP contribution >= 0.6 is 11.6 Å². The highest BCUT2D eigenvalue weighted by atomic mass is 35.5. The molecular formula is C13H16ClNO2. The van der Waals surface area contributed by atoms with Gasteiger partial charge in [-0.15, -0.1) is 0 Å². The van der Waals surface area contributed by atoms with Gasteiger partial charge < -0.3 is 10.8 Å². The van der Waals surface area contributed by atoms with E-state index in [1.165, 1.54) is 6.92 Å². The lowest BCUT2D eigenvalue weighted by Gasteiger charge is -2.40. The van der Waals surface area contributed by atoms with Crippen molar-refractivity contribution in [1.82, 2.24) is 0 Å². The van der Waals surface area contributed by atoms with Crippen LogP contribution in [0.25, 0.3) is 0 Å². The van der Waals surface area contributed by atoms with Gasteiger partial charge in [-0.05, 0) is 37.8 Å². The summed E-state index contributed by atoms with van der Waals surface area (Å²) in [6, 6.07) is 7.05. The molecule has 17 heavy (non-hydrogen) atoms. The van der Waals surface area contributed by atoms with Crippen molar-refractivity contribution in [2.45, 2.75) is 37.3 Å². The zero-order chi connectivity index (χ0) is 12.7. The molecule has 1 aliphatic rings. The maximum Gasteiger partial charge on any atom is 0.188 e. The summed E-state index contributed by atoms with van der Waals surface area (Å²) in [7, 11) is 0. The Labute approximate surface area is 106 Å². The molecule has 1 fully saturated rings. The van der Waals surface area contributed by atoms with Gasteiger partial charge in [-0.25, -0.2) is 0 Å². The summed E-state index contributed by atoms with van der Waals surface area (Å²) >= 11 is 6.09. The van der Waals surface area contributed by atoms with E-state index in [1.807, 2.05) is 0 Å². The number of hydrogen-bond donors (Lipinski definition) is 2. The fourth-order valence-electron chi connectivity index (χ4n) is 2.50. The summed E-state index contributed by atoms with van der Waals surface area (Å²) in [5.74, 6) is -0.343. The summed E-state index contributed by atoms with van der Waals surface area (Å²) in [6.45, 7) is 1.52. The highest BCUT2D eigenvalue weighted by molar-refractivity contribution is 6.31. The Hall–Kier alpha value is -0.900. The molecule has 0 radical (unpaired) electrons. The minimum absolute atomic E-state index is 0.343. The number of halogens is 1. The molecule has 1 aliphatic carbocycles. The first kappa shape index (κ1) is 12.6. The maximum absolute atomic E-state index is 12.3. The SMILES string of the molecule is CC1(O)CCCC(N)(c2ccccc2Cl)C1=O. The van der Waals surface area contributed by atoms with E-state index in [9.17, 15) is 9.90 Å². The van der Waals surface area contributed by atoms with Crippen LogP contribution in [0.1, 0.15) is 31.7 Å². The predicted octanol–water partition coefficient (Wildman–Crippen LogP) is 2.00. The van der Waals surface area contributed by atoms with Crippen LogP contribution in [0.3, 0.4) is 0 Å². The lowest BCUT2D eigenvalue weighted by atomic mass is 9.70. The van der Waals surface area contributed by atoms with Crippen LogP contribution < -0.4 is 5.73 Å². The quantitative estimate of drug-likeness (QED) is 0.805. The number of carbonyl (C=O) groups excluding carboxylic acids is 1. The van der Waals surface area contributed by atoms with Gasteiger partial charge in [-0.3, -0.25) is 4.79 Å². The Balaban J connectivity index is 2.49. The first-order valence-electron chi connectivity index (χ1n) is 5.69. The second kappa shape index (κ2) is 4.09. The molecule has 0 spiro atoms. The second-order valence-corrected chi connectivity index (χ2v) is 5.31.